The fourth-order valence-electron chi connectivity index (χ4n) is 5.56. The number of likely N-dealkylation sites (tertiary alicyclic amines) is 1. The van der Waals surface area contributed by atoms with Crippen molar-refractivity contribution in [3.05, 3.63) is 59.7 Å². The van der Waals surface area contributed by atoms with Gasteiger partial charge in [0.05, 0.1) is 23.5 Å². The standard InChI is InChI=1S/C26H36N6/c1-19(2)30-14-16-31(17-15-30)25-12-6-11-24-28-21(18-32(24)25)22-9-5-10-23(29(22)4)26-20(3)8-7-13-27-26/h6-8,11-13,18-19,22-23H,5,9-10,14-17H2,1-4H3/t22-,23+/m1/s1. The van der Waals surface area contributed by atoms with Crippen molar-refractivity contribution in [2.24, 2.45) is 0 Å². The van der Waals surface area contributed by atoms with Gasteiger partial charge in [0.15, 0.2) is 0 Å². The van der Waals surface area contributed by atoms with Gasteiger partial charge >= 0.3 is 0 Å². The summed E-state index contributed by atoms with van der Waals surface area (Å²) in [7, 11) is 2.25. The molecule has 3 aromatic heterocycles. The lowest BCUT2D eigenvalue weighted by atomic mass is 9.91. The van der Waals surface area contributed by atoms with E-state index >= 15 is 0 Å². The zero-order valence-corrected chi connectivity index (χ0v) is 19.9. The van der Waals surface area contributed by atoms with Crippen LogP contribution in [0.3, 0.4) is 0 Å². The zero-order valence-electron chi connectivity index (χ0n) is 19.9. The van der Waals surface area contributed by atoms with Crippen LogP contribution in [0.1, 0.15) is 62.1 Å². The largest absolute Gasteiger partial charge is 0.355 e. The minimum Gasteiger partial charge on any atom is -0.355 e. The Morgan fingerprint density at radius 3 is 2.50 bits per heavy atom. The summed E-state index contributed by atoms with van der Waals surface area (Å²) in [6, 6.07) is 12.0. The van der Waals surface area contributed by atoms with E-state index in [4.69, 9.17) is 9.97 Å². The first-order valence-corrected chi connectivity index (χ1v) is 12.1. The summed E-state index contributed by atoms with van der Waals surface area (Å²) in [5.41, 5.74) is 4.72. The fraction of sp³-hybridized carbons (Fsp3) is 0.538. The summed E-state index contributed by atoms with van der Waals surface area (Å²) >= 11 is 0. The fourth-order valence-corrected chi connectivity index (χ4v) is 5.56. The van der Waals surface area contributed by atoms with Crippen molar-refractivity contribution in [2.45, 2.75) is 58.2 Å². The third kappa shape index (κ3) is 3.90. The van der Waals surface area contributed by atoms with Crippen LogP contribution in [0, 0.1) is 6.92 Å². The van der Waals surface area contributed by atoms with E-state index in [2.05, 4.69) is 77.4 Å². The maximum absolute atomic E-state index is 5.10. The lowest BCUT2D eigenvalue weighted by Gasteiger charge is -2.39. The van der Waals surface area contributed by atoms with Crippen LogP contribution in [-0.2, 0) is 0 Å². The molecule has 0 bridgehead atoms. The molecule has 6 nitrogen and oxygen atoms in total. The van der Waals surface area contributed by atoms with Gasteiger partial charge < -0.3 is 4.90 Å². The number of nitrogens with zero attached hydrogens (tertiary/aromatic N) is 6. The molecule has 0 saturated carbocycles. The quantitative estimate of drug-likeness (QED) is 0.608. The molecule has 32 heavy (non-hydrogen) atoms. The van der Waals surface area contributed by atoms with E-state index < -0.39 is 0 Å². The van der Waals surface area contributed by atoms with Crippen LogP contribution in [0.5, 0.6) is 0 Å². The number of hydrogen-bond acceptors (Lipinski definition) is 5. The van der Waals surface area contributed by atoms with E-state index in [-0.39, 0.29) is 0 Å². The third-order valence-electron chi connectivity index (χ3n) is 7.50. The number of fused-ring (bicyclic) bond motifs is 1. The van der Waals surface area contributed by atoms with Crippen molar-refractivity contribution in [3.63, 3.8) is 0 Å². The molecule has 2 fully saturated rings. The first-order chi connectivity index (χ1) is 15.5. The first kappa shape index (κ1) is 21.4. The normalized spacial score (nSPS) is 23.3. The second-order valence-corrected chi connectivity index (χ2v) is 9.73. The van der Waals surface area contributed by atoms with E-state index in [9.17, 15) is 0 Å². The van der Waals surface area contributed by atoms with E-state index in [0.717, 1.165) is 44.7 Å². The Kier molecular flexibility index (Phi) is 5.91. The summed E-state index contributed by atoms with van der Waals surface area (Å²) in [6.07, 6.45) is 7.71. The first-order valence-electron chi connectivity index (χ1n) is 12.1. The van der Waals surface area contributed by atoms with Crippen molar-refractivity contribution in [1.29, 1.82) is 0 Å². The van der Waals surface area contributed by atoms with Crippen molar-refractivity contribution < 1.29 is 0 Å². The molecule has 170 valence electrons. The number of aryl methyl sites for hydroxylation is 1. The lowest BCUT2D eigenvalue weighted by Crippen LogP contribution is -2.49. The monoisotopic (exact) mass is 432 g/mol. The third-order valence-corrected chi connectivity index (χ3v) is 7.50. The molecule has 0 amide bonds. The van der Waals surface area contributed by atoms with Gasteiger partial charge in [-0.05, 0) is 70.8 Å². The minimum absolute atomic E-state index is 0.320. The zero-order chi connectivity index (χ0) is 22.2. The smallest absolute Gasteiger partial charge is 0.138 e. The van der Waals surface area contributed by atoms with Gasteiger partial charge in [0.1, 0.15) is 11.5 Å². The average molecular weight is 433 g/mol. The van der Waals surface area contributed by atoms with Crippen LogP contribution in [-0.4, -0.2) is 63.4 Å². The molecule has 0 spiro atoms. The highest BCUT2D eigenvalue weighted by atomic mass is 15.3. The van der Waals surface area contributed by atoms with Crippen LogP contribution < -0.4 is 4.90 Å². The number of anilines is 1. The molecule has 2 saturated heterocycles. The van der Waals surface area contributed by atoms with Crippen molar-refractivity contribution >= 4 is 11.5 Å². The molecule has 0 aliphatic carbocycles. The SMILES string of the molecule is Cc1cccnc1[C@@H]1CCC[C@H](c2cn3c(N4CCN(C(C)C)CC4)cccc3n2)N1C. The summed E-state index contributed by atoms with van der Waals surface area (Å²) in [6.45, 7) is 11.1. The molecular formula is C26H36N6. The number of imidazole rings is 1. The second-order valence-electron chi connectivity index (χ2n) is 9.73. The molecule has 2 aliphatic rings. The maximum Gasteiger partial charge on any atom is 0.138 e. The Labute approximate surface area is 191 Å². The van der Waals surface area contributed by atoms with Crippen molar-refractivity contribution in [2.75, 3.05) is 38.1 Å². The summed E-state index contributed by atoms with van der Waals surface area (Å²) in [5.74, 6) is 1.26. The molecule has 3 aromatic rings. The van der Waals surface area contributed by atoms with E-state index in [1.807, 2.05) is 12.3 Å². The van der Waals surface area contributed by atoms with E-state index in [1.165, 1.54) is 29.2 Å². The van der Waals surface area contributed by atoms with Gasteiger partial charge in [-0.15, -0.1) is 0 Å². The molecular weight excluding hydrogens is 396 g/mol. The van der Waals surface area contributed by atoms with Crippen LogP contribution in [0.15, 0.2) is 42.7 Å². The number of rotatable bonds is 4. The van der Waals surface area contributed by atoms with Crippen LogP contribution >= 0.6 is 0 Å². The van der Waals surface area contributed by atoms with Crippen LogP contribution in [0.4, 0.5) is 5.82 Å². The molecule has 6 heteroatoms. The molecule has 0 N–H and O–H groups in total. The molecule has 0 radical (unpaired) electrons. The summed E-state index contributed by atoms with van der Waals surface area (Å²) in [5, 5.41) is 0. The van der Waals surface area contributed by atoms with E-state index in [0.29, 0.717) is 18.1 Å². The van der Waals surface area contributed by atoms with Gasteiger partial charge in [-0.2, -0.15) is 0 Å². The Morgan fingerprint density at radius 1 is 0.969 bits per heavy atom. The van der Waals surface area contributed by atoms with Crippen molar-refractivity contribution in [1.82, 2.24) is 24.2 Å². The maximum atomic E-state index is 5.10. The molecule has 2 aliphatic heterocycles. The highest BCUT2D eigenvalue weighted by Crippen LogP contribution is 2.40. The van der Waals surface area contributed by atoms with Gasteiger partial charge in [-0.25, -0.2) is 4.98 Å². The highest BCUT2D eigenvalue weighted by molar-refractivity contribution is 5.53. The van der Waals surface area contributed by atoms with Gasteiger partial charge in [0, 0.05) is 44.6 Å². The van der Waals surface area contributed by atoms with E-state index in [1.54, 1.807) is 0 Å². The van der Waals surface area contributed by atoms with Crippen molar-refractivity contribution in [3.8, 4) is 0 Å². The Balaban J connectivity index is 1.42. The molecule has 5 heterocycles. The van der Waals surface area contributed by atoms with Gasteiger partial charge in [0.25, 0.3) is 0 Å². The lowest BCUT2D eigenvalue weighted by molar-refractivity contribution is 0.109. The molecule has 2 atom stereocenters. The molecule has 0 aromatic carbocycles. The number of piperidine rings is 1. The van der Waals surface area contributed by atoms with Gasteiger partial charge in [-0.3, -0.25) is 19.2 Å². The highest BCUT2D eigenvalue weighted by Gasteiger charge is 2.33. The van der Waals surface area contributed by atoms with Gasteiger partial charge in [-0.1, -0.05) is 12.1 Å². The number of aromatic nitrogens is 3. The molecule has 0 unspecified atom stereocenters. The average Bonchev–Trinajstić information content (AvgIpc) is 3.24. The predicted octanol–water partition coefficient (Wildman–Crippen LogP) is 4.47. The number of hydrogen-bond donors (Lipinski definition) is 0. The molecule has 5 rings (SSSR count). The van der Waals surface area contributed by atoms with Gasteiger partial charge in [0.2, 0.25) is 0 Å². The van der Waals surface area contributed by atoms with Crippen LogP contribution in [0.2, 0.25) is 0 Å². The van der Waals surface area contributed by atoms with Crippen LogP contribution in [0.25, 0.3) is 5.65 Å². The Bertz CT molecular complexity index is 1070. The summed E-state index contributed by atoms with van der Waals surface area (Å²) < 4.78 is 2.31. The number of piperazine rings is 1. The summed E-state index contributed by atoms with van der Waals surface area (Å²) in [4.78, 5) is 17.4. The Hall–Kier alpha value is -2.44. The topological polar surface area (TPSA) is 39.9 Å². The number of pyridine rings is 2. The Morgan fingerprint density at radius 2 is 1.75 bits per heavy atom. The minimum atomic E-state index is 0.320. The predicted molar refractivity (Wildman–Crippen MR) is 130 cm³/mol. The second kappa shape index (κ2) is 8.83.